The molecule has 0 bridgehead atoms. The van der Waals surface area contributed by atoms with Gasteiger partial charge in [-0.3, -0.25) is 0 Å². The summed E-state index contributed by atoms with van der Waals surface area (Å²) < 4.78 is 39.9. The van der Waals surface area contributed by atoms with Gasteiger partial charge in [0.25, 0.3) is 0 Å². The Morgan fingerprint density at radius 1 is 1.29 bits per heavy atom. The fourth-order valence-corrected chi connectivity index (χ4v) is 3.33. The van der Waals surface area contributed by atoms with Crippen molar-refractivity contribution in [1.29, 1.82) is 0 Å². The van der Waals surface area contributed by atoms with E-state index in [1.807, 2.05) is 6.07 Å². The van der Waals surface area contributed by atoms with Crippen molar-refractivity contribution in [3.05, 3.63) is 35.9 Å². The summed E-state index contributed by atoms with van der Waals surface area (Å²) in [6, 6.07) is 8.57. The van der Waals surface area contributed by atoms with Crippen molar-refractivity contribution in [3.63, 3.8) is 0 Å². The fraction of sp³-hybridized carbons (Fsp3) is 0.286. The maximum atomic E-state index is 11.9. The molecule has 1 aliphatic rings. The highest BCUT2D eigenvalue weighted by molar-refractivity contribution is 7.89. The van der Waals surface area contributed by atoms with Gasteiger partial charge in [-0.05, 0) is 6.07 Å². The number of hydrogen-bond donors (Lipinski definition) is 1. The molecule has 112 valence electrons. The maximum Gasteiger partial charge on any atom is 0.238 e. The molecule has 3 rings (SSSR count). The van der Waals surface area contributed by atoms with E-state index >= 15 is 0 Å². The highest BCUT2D eigenvalue weighted by Gasteiger charge is 2.27. The molecule has 1 fully saturated rings. The summed E-state index contributed by atoms with van der Waals surface area (Å²) in [4.78, 5) is 0.0596. The Bertz CT molecular complexity index is 781. The molecule has 2 aromatic carbocycles. The number of nitrogens with two attached hydrogens (primary N) is 1. The summed E-state index contributed by atoms with van der Waals surface area (Å²) in [6.07, 6.45) is -0.370. The molecule has 6 nitrogen and oxygen atoms in total. The van der Waals surface area contributed by atoms with Crippen molar-refractivity contribution in [3.8, 4) is 5.75 Å². The molecule has 7 heteroatoms. The van der Waals surface area contributed by atoms with E-state index in [0.717, 1.165) is 0 Å². The van der Waals surface area contributed by atoms with Crippen LogP contribution in [0.3, 0.4) is 0 Å². The van der Waals surface area contributed by atoms with Crippen LogP contribution in [0, 0.1) is 0 Å². The zero-order valence-electron chi connectivity index (χ0n) is 11.4. The summed E-state index contributed by atoms with van der Waals surface area (Å²) in [6.45, 7) is 0.518. The molecule has 0 aliphatic carbocycles. The van der Waals surface area contributed by atoms with Crippen LogP contribution in [0.5, 0.6) is 5.75 Å². The topological polar surface area (TPSA) is 87.8 Å². The standard InChI is InChI=1S/C14H15NO5S/c1-18-14-10-5-3-2-4-9(10)13(21(15,16)17)6-11(14)12-7-19-8-20-12/h2-6,12H,7-8H2,1H3,(H2,15,16,17). The lowest BCUT2D eigenvalue weighted by Gasteiger charge is -2.17. The van der Waals surface area contributed by atoms with Gasteiger partial charge < -0.3 is 14.2 Å². The third-order valence-electron chi connectivity index (χ3n) is 3.47. The molecule has 1 aliphatic heterocycles. The van der Waals surface area contributed by atoms with E-state index < -0.39 is 10.0 Å². The van der Waals surface area contributed by atoms with Crippen LogP contribution in [0.25, 0.3) is 10.8 Å². The lowest BCUT2D eigenvalue weighted by Crippen LogP contribution is -2.14. The van der Waals surface area contributed by atoms with Crippen LogP contribution in [-0.2, 0) is 19.5 Å². The number of fused-ring (bicyclic) bond motifs is 1. The molecule has 0 amide bonds. The van der Waals surface area contributed by atoms with E-state index in [-0.39, 0.29) is 17.8 Å². The zero-order chi connectivity index (χ0) is 15.0. The Morgan fingerprint density at radius 2 is 2.00 bits per heavy atom. The van der Waals surface area contributed by atoms with Gasteiger partial charge in [-0.25, -0.2) is 13.6 Å². The van der Waals surface area contributed by atoms with Crippen LogP contribution >= 0.6 is 0 Å². The second-order valence-electron chi connectivity index (χ2n) is 4.73. The zero-order valence-corrected chi connectivity index (χ0v) is 12.2. The van der Waals surface area contributed by atoms with Gasteiger partial charge in [-0.2, -0.15) is 0 Å². The van der Waals surface area contributed by atoms with Gasteiger partial charge in [-0.1, -0.05) is 24.3 Å². The average molecular weight is 309 g/mol. The van der Waals surface area contributed by atoms with Gasteiger partial charge in [-0.15, -0.1) is 0 Å². The summed E-state index contributed by atoms with van der Waals surface area (Å²) in [5.41, 5.74) is 0.623. The molecule has 2 aromatic rings. The monoisotopic (exact) mass is 309 g/mol. The molecular weight excluding hydrogens is 294 g/mol. The molecule has 0 spiro atoms. The normalized spacial score (nSPS) is 19.0. The minimum absolute atomic E-state index is 0.0596. The van der Waals surface area contributed by atoms with Gasteiger partial charge >= 0.3 is 0 Å². The molecule has 0 saturated carbocycles. The first-order chi connectivity index (χ1) is 10.0. The number of methoxy groups -OCH3 is 1. The van der Waals surface area contributed by atoms with E-state index in [1.165, 1.54) is 13.2 Å². The summed E-state index contributed by atoms with van der Waals surface area (Å²) in [5.74, 6) is 0.577. The summed E-state index contributed by atoms with van der Waals surface area (Å²) >= 11 is 0. The van der Waals surface area contributed by atoms with Crippen molar-refractivity contribution in [1.82, 2.24) is 0 Å². The van der Waals surface area contributed by atoms with Crippen LogP contribution < -0.4 is 9.88 Å². The first kappa shape index (κ1) is 14.3. The second-order valence-corrected chi connectivity index (χ2v) is 6.26. The highest BCUT2D eigenvalue weighted by atomic mass is 32.2. The Morgan fingerprint density at radius 3 is 2.57 bits per heavy atom. The first-order valence-electron chi connectivity index (χ1n) is 6.34. The predicted octanol–water partition coefficient (Wildman–Crippen LogP) is 1.54. The van der Waals surface area contributed by atoms with Gasteiger partial charge in [0.2, 0.25) is 10.0 Å². The molecule has 0 aromatic heterocycles. The third kappa shape index (κ3) is 2.49. The Balaban J connectivity index is 2.37. The smallest absolute Gasteiger partial charge is 0.238 e. The minimum atomic E-state index is -3.86. The largest absolute Gasteiger partial charge is 0.496 e. The number of primary sulfonamides is 1. The quantitative estimate of drug-likeness (QED) is 0.929. The molecule has 1 saturated heterocycles. The number of rotatable bonds is 3. The molecule has 1 atom stereocenters. The van der Waals surface area contributed by atoms with Crippen LogP contribution in [0.4, 0.5) is 0 Å². The van der Waals surface area contributed by atoms with Gasteiger partial charge in [0.05, 0.1) is 18.6 Å². The number of hydrogen-bond acceptors (Lipinski definition) is 5. The number of ether oxygens (including phenoxy) is 3. The van der Waals surface area contributed by atoms with Crippen molar-refractivity contribution < 1.29 is 22.6 Å². The molecule has 2 N–H and O–H groups in total. The maximum absolute atomic E-state index is 11.9. The lowest BCUT2D eigenvalue weighted by atomic mass is 10.0. The summed E-state index contributed by atoms with van der Waals surface area (Å²) in [7, 11) is -2.32. The Kier molecular flexibility index (Phi) is 3.58. The number of sulfonamides is 1. The van der Waals surface area contributed by atoms with E-state index in [0.29, 0.717) is 28.7 Å². The fourth-order valence-electron chi connectivity index (χ4n) is 2.55. The van der Waals surface area contributed by atoms with Gasteiger partial charge in [0.1, 0.15) is 18.6 Å². The first-order valence-corrected chi connectivity index (χ1v) is 7.89. The van der Waals surface area contributed by atoms with E-state index in [4.69, 9.17) is 19.3 Å². The lowest BCUT2D eigenvalue weighted by molar-refractivity contribution is 0.0460. The number of benzene rings is 2. The Labute approximate surface area is 122 Å². The van der Waals surface area contributed by atoms with Gasteiger partial charge in [0.15, 0.2) is 0 Å². The van der Waals surface area contributed by atoms with Crippen LogP contribution in [0.1, 0.15) is 11.7 Å². The van der Waals surface area contributed by atoms with E-state index in [1.54, 1.807) is 18.2 Å². The molecular formula is C14H15NO5S. The highest BCUT2D eigenvalue weighted by Crippen LogP contribution is 2.39. The minimum Gasteiger partial charge on any atom is -0.496 e. The Hall–Kier alpha value is -1.67. The molecule has 0 radical (unpaired) electrons. The average Bonchev–Trinajstić information content (AvgIpc) is 2.98. The summed E-state index contributed by atoms with van der Waals surface area (Å²) in [5, 5.41) is 6.55. The van der Waals surface area contributed by atoms with E-state index in [2.05, 4.69) is 0 Å². The second kappa shape index (κ2) is 5.27. The SMILES string of the molecule is COc1c(C2COCO2)cc(S(N)(=O)=O)c2ccccc12. The molecule has 21 heavy (non-hydrogen) atoms. The van der Waals surface area contributed by atoms with Crippen LogP contribution in [0.15, 0.2) is 35.2 Å². The molecule has 1 heterocycles. The third-order valence-corrected chi connectivity index (χ3v) is 4.42. The van der Waals surface area contributed by atoms with Crippen molar-refractivity contribution in [2.75, 3.05) is 20.5 Å². The van der Waals surface area contributed by atoms with E-state index in [9.17, 15) is 8.42 Å². The molecule has 1 unspecified atom stereocenters. The van der Waals surface area contributed by atoms with Crippen molar-refractivity contribution in [2.45, 2.75) is 11.0 Å². The van der Waals surface area contributed by atoms with Gasteiger partial charge in [0, 0.05) is 16.3 Å². The van der Waals surface area contributed by atoms with Crippen molar-refractivity contribution in [2.24, 2.45) is 5.14 Å². The van der Waals surface area contributed by atoms with Crippen LogP contribution in [-0.4, -0.2) is 28.9 Å². The van der Waals surface area contributed by atoms with Crippen molar-refractivity contribution >= 4 is 20.8 Å². The predicted molar refractivity (Wildman–Crippen MR) is 76.5 cm³/mol. The van der Waals surface area contributed by atoms with Crippen LogP contribution in [0.2, 0.25) is 0 Å².